The van der Waals surface area contributed by atoms with E-state index in [0.29, 0.717) is 7.02 Å². The number of hydrogen-bond donors (Lipinski definition) is 0. The molecule has 0 aliphatic carbocycles. The maximum atomic E-state index is 14.8. The Kier molecular flexibility index (Phi) is 6.50. The van der Waals surface area contributed by atoms with Gasteiger partial charge in [0.1, 0.15) is 0 Å². The molecule has 0 radical (unpaired) electrons. The SMILES string of the molecule is CC(C)(C)c1cc[c]([Sb]2([CH3])([c]3ccc(C(C)(C)C)cc3)[O]C(C(F)(F)F)(C(F)(F)F)c3cccc[c]32)cc1. The number of alkyl halides is 6. The molecule has 1 aliphatic heterocycles. The van der Waals surface area contributed by atoms with Crippen LogP contribution in [0, 0.1) is 0 Å². The molecule has 38 heavy (non-hydrogen) atoms. The number of fused-ring (bicyclic) bond motifs is 1. The van der Waals surface area contributed by atoms with E-state index in [1.54, 1.807) is 48.5 Å². The third-order valence-corrected chi connectivity index (χ3v) is 23.0. The molecular weight excluding hydrogens is 612 g/mol. The van der Waals surface area contributed by atoms with Crippen LogP contribution in [0.4, 0.5) is 26.3 Å². The molecule has 1 heterocycles. The Bertz CT molecular complexity index is 1270. The van der Waals surface area contributed by atoms with Crippen LogP contribution in [0.15, 0.2) is 72.8 Å². The Hall–Kier alpha value is -1.98. The summed E-state index contributed by atoms with van der Waals surface area (Å²) in [4.78, 5) is 1.53. The molecule has 206 valence electrons. The predicted octanol–water partition coefficient (Wildman–Crippen LogP) is 7.18. The average Bonchev–Trinajstić information content (AvgIpc) is 3.08. The van der Waals surface area contributed by atoms with Crippen LogP contribution < -0.4 is 10.5 Å². The van der Waals surface area contributed by atoms with Gasteiger partial charge >= 0.3 is 222 Å². The number of hydrogen-bond acceptors (Lipinski definition) is 1. The van der Waals surface area contributed by atoms with Gasteiger partial charge in [-0.15, -0.1) is 0 Å². The first kappa shape index (κ1) is 29.0. The molecule has 0 aromatic heterocycles. The molecule has 3 aromatic carbocycles. The van der Waals surface area contributed by atoms with Crippen LogP contribution >= 0.6 is 0 Å². The van der Waals surface area contributed by atoms with E-state index in [1.807, 2.05) is 41.5 Å². The van der Waals surface area contributed by atoms with Gasteiger partial charge in [0, 0.05) is 0 Å². The molecule has 0 atom stereocenters. The Morgan fingerprint density at radius 3 is 1.29 bits per heavy atom. The topological polar surface area (TPSA) is 9.23 Å². The van der Waals surface area contributed by atoms with E-state index in [-0.39, 0.29) is 14.3 Å². The standard InChI is InChI=1S/2C10H13.C9H4F6O.CH3.Sb/c2*1-10(2,3)9-7-5-4-6-8-9;10-8(11,12)7(16,9(13,14)15)6-4-2-1-3-5-6;;/h2*5-8H,1-3H3;1-4H;1H3;/q;;-1;;+1. The summed E-state index contributed by atoms with van der Waals surface area (Å²) in [6.45, 7) is 12.0. The summed E-state index contributed by atoms with van der Waals surface area (Å²) >= 11 is -5.95. The molecule has 0 saturated heterocycles. The molecule has 0 spiro atoms. The van der Waals surface area contributed by atoms with Crippen LogP contribution in [0.5, 0.6) is 0 Å². The molecule has 1 aliphatic rings. The fourth-order valence-electron chi connectivity index (χ4n) is 5.42. The fourth-order valence-corrected chi connectivity index (χ4v) is 20.1. The molecule has 3 aromatic rings. The van der Waals surface area contributed by atoms with Gasteiger partial charge in [0.05, 0.1) is 0 Å². The Balaban J connectivity index is 2.17. The molecule has 8 heteroatoms. The van der Waals surface area contributed by atoms with E-state index in [1.165, 1.54) is 23.1 Å². The summed E-state index contributed by atoms with van der Waals surface area (Å²) in [5.41, 5.74) is -4.01. The van der Waals surface area contributed by atoms with Crippen LogP contribution in [0.1, 0.15) is 58.2 Å². The van der Waals surface area contributed by atoms with Gasteiger partial charge in [0.2, 0.25) is 0 Å². The van der Waals surface area contributed by atoms with Crippen molar-refractivity contribution in [1.82, 2.24) is 0 Å². The van der Waals surface area contributed by atoms with Gasteiger partial charge in [-0.3, -0.25) is 0 Å². The summed E-state index contributed by atoms with van der Waals surface area (Å²) < 4.78 is 95.2. The van der Waals surface area contributed by atoms with Gasteiger partial charge in [-0.25, -0.2) is 0 Å². The summed E-state index contributed by atoms with van der Waals surface area (Å²) in [5, 5.41) is 0. The second kappa shape index (κ2) is 8.51. The predicted molar refractivity (Wildman–Crippen MR) is 142 cm³/mol. The molecule has 0 saturated carbocycles. The third kappa shape index (κ3) is 4.02. The van der Waals surface area contributed by atoms with E-state index in [4.69, 9.17) is 3.02 Å². The van der Waals surface area contributed by atoms with Crippen molar-refractivity contribution >= 4 is 28.3 Å². The van der Waals surface area contributed by atoms with E-state index in [0.717, 1.165) is 17.2 Å². The van der Waals surface area contributed by atoms with Gasteiger partial charge in [-0.2, -0.15) is 0 Å². The molecule has 0 amide bonds. The summed E-state index contributed by atoms with van der Waals surface area (Å²) in [5.74, 6) is 0. The molecule has 1 nitrogen and oxygen atoms in total. The molecule has 0 unspecified atom stereocenters. The summed E-state index contributed by atoms with van der Waals surface area (Å²) in [6, 6.07) is 18.8. The van der Waals surface area contributed by atoms with Crippen molar-refractivity contribution in [2.24, 2.45) is 0 Å². The molecule has 4 rings (SSSR count). The van der Waals surface area contributed by atoms with Gasteiger partial charge in [-0.05, 0) is 0 Å². The zero-order valence-corrected chi connectivity index (χ0v) is 25.1. The number of rotatable bonds is 2. The van der Waals surface area contributed by atoms with Gasteiger partial charge in [-0.1, -0.05) is 0 Å². The number of halogens is 6. The van der Waals surface area contributed by atoms with Crippen molar-refractivity contribution in [3.63, 3.8) is 0 Å². The zero-order valence-electron chi connectivity index (χ0n) is 22.6. The van der Waals surface area contributed by atoms with E-state index in [2.05, 4.69) is 0 Å². The molecule has 0 N–H and O–H groups in total. The van der Waals surface area contributed by atoms with Crippen molar-refractivity contribution in [3.8, 4) is 0 Å². The van der Waals surface area contributed by atoms with E-state index >= 15 is 0 Å². The zero-order chi connectivity index (χ0) is 28.6. The summed E-state index contributed by atoms with van der Waals surface area (Å²) in [7, 11) is 0. The van der Waals surface area contributed by atoms with Gasteiger partial charge < -0.3 is 0 Å². The van der Waals surface area contributed by atoms with Crippen LogP contribution in [-0.2, 0) is 19.4 Å². The second-order valence-corrected chi connectivity index (χ2v) is 25.5. The van der Waals surface area contributed by atoms with Crippen LogP contribution in [0.3, 0.4) is 0 Å². The van der Waals surface area contributed by atoms with Gasteiger partial charge in [0.15, 0.2) is 0 Å². The van der Waals surface area contributed by atoms with Crippen LogP contribution in [-0.4, -0.2) is 30.2 Å². The van der Waals surface area contributed by atoms with Crippen molar-refractivity contribution in [3.05, 3.63) is 89.5 Å². The van der Waals surface area contributed by atoms with Crippen molar-refractivity contribution in [2.75, 3.05) is 0 Å². The molecule has 0 fully saturated rings. The number of benzene rings is 3. The Morgan fingerprint density at radius 2 is 0.947 bits per heavy atom. The fraction of sp³-hybridized carbons (Fsp3) is 0.400. The second-order valence-electron chi connectivity index (χ2n) is 12.3. The first-order valence-electron chi connectivity index (χ1n) is 12.4. The monoisotopic (exact) mass is 644 g/mol. The maximum absolute atomic E-state index is 14.8. The Labute approximate surface area is 221 Å². The summed E-state index contributed by atoms with van der Waals surface area (Å²) in [6.07, 6.45) is -11.5. The van der Waals surface area contributed by atoms with Crippen molar-refractivity contribution in [2.45, 2.75) is 75.2 Å². The normalized spacial score (nSPS) is 19.9. The minimum absolute atomic E-state index is 0.00182. The van der Waals surface area contributed by atoms with Crippen molar-refractivity contribution in [1.29, 1.82) is 0 Å². The van der Waals surface area contributed by atoms with Crippen LogP contribution in [0.2, 0.25) is 4.87 Å². The average molecular weight is 645 g/mol. The molecular formula is C30H33F6OSb. The first-order chi connectivity index (χ1) is 17.2. The first-order valence-corrected chi connectivity index (χ1v) is 19.8. The van der Waals surface area contributed by atoms with Gasteiger partial charge in [0.25, 0.3) is 0 Å². The van der Waals surface area contributed by atoms with E-state index in [9.17, 15) is 26.3 Å². The van der Waals surface area contributed by atoms with E-state index < -0.39 is 41.3 Å². The quantitative estimate of drug-likeness (QED) is 0.212. The van der Waals surface area contributed by atoms with Crippen LogP contribution in [0.25, 0.3) is 0 Å². The Morgan fingerprint density at radius 1 is 0.579 bits per heavy atom. The van der Waals surface area contributed by atoms with Crippen molar-refractivity contribution < 1.29 is 29.4 Å². The minimum atomic E-state index is -5.95. The third-order valence-electron chi connectivity index (χ3n) is 7.74. The molecule has 0 bridgehead atoms.